The summed E-state index contributed by atoms with van der Waals surface area (Å²) >= 11 is 0. The van der Waals surface area contributed by atoms with Crippen LogP contribution in [0.5, 0.6) is 0 Å². The first-order valence-electron chi connectivity index (χ1n) is 6.02. The molecule has 0 aliphatic carbocycles. The predicted octanol–water partition coefficient (Wildman–Crippen LogP) is 4.02. The van der Waals surface area contributed by atoms with E-state index in [1.165, 1.54) is 50.8 Å². The van der Waals surface area contributed by atoms with E-state index in [0.29, 0.717) is 0 Å². The molecule has 0 bridgehead atoms. The van der Waals surface area contributed by atoms with Gasteiger partial charge in [0.15, 0.2) is 0 Å². The predicted molar refractivity (Wildman–Crippen MR) is 62.6 cm³/mol. The summed E-state index contributed by atoms with van der Waals surface area (Å²) in [4.78, 5) is 0. The molecule has 0 fully saturated rings. The summed E-state index contributed by atoms with van der Waals surface area (Å²) in [7, 11) is 0. The van der Waals surface area contributed by atoms with Crippen LogP contribution in [0.1, 0.15) is 51.6 Å². The van der Waals surface area contributed by atoms with Crippen molar-refractivity contribution in [3.05, 3.63) is 24.0 Å². The lowest BCUT2D eigenvalue weighted by atomic mass is 10.1. The SMILES string of the molecule is CCCCCc1cccn1CCCC. The summed E-state index contributed by atoms with van der Waals surface area (Å²) in [6.07, 6.45) is 10.1. The molecule has 0 saturated heterocycles. The zero-order valence-electron chi connectivity index (χ0n) is 9.63. The third-order valence-electron chi connectivity index (χ3n) is 2.71. The van der Waals surface area contributed by atoms with Crippen LogP contribution in [-0.2, 0) is 13.0 Å². The van der Waals surface area contributed by atoms with Crippen molar-refractivity contribution in [1.29, 1.82) is 0 Å². The lowest BCUT2D eigenvalue weighted by Crippen LogP contribution is -2.01. The lowest BCUT2D eigenvalue weighted by Gasteiger charge is -2.07. The highest BCUT2D eigenvalue weighted by Gasteiger charge is 1.99. The Labute approximate surface area is 88.1 Å². The molecule has 1 rings (SSSR count). The molecule has 80 valence electrons. The molecule has 0 aromatic carbocycles. The Morgan fingerprint density at radius 3 is 2.57 bits per heavy atom. The van der Waals surface area contributed by atoms with Crippen molar-refractivity contribution in [2.24, 2.45) is 0 Å². The number of hydrogen-bond donors (Lipinski definition) is 0. The van der Waals surface area contributed by atoms with Crippen LogP contribution in [0.3, 0.4) is 0 Å². The minimum atomic E-state index is 1.20. The largest absolute Gasteiger partial charge is 0.351 e. The Kier molecular flexibility index (Phi) is 5.43. The van der Waals surface area contributed by atoms with E-state index in [-0.39, 0.29) is 0 Å². The highest BCUT2D eigenvalue weighted by molar-refractivity contribution is 5.07. The van der Waals surface area contributed by atoms with Crippen LogP contribution >= 0.6 is 0 Å². The molecule has 0 spiro atoms. The average Bonchev–Trinajstić information content (AvgIpc) is 2.63. The molecular formula is C13H23N. The van der Waals surface area contributed by atoms with Crippen LogP contribution in [0.15, 0.2) is 18.3 Å². The Hall–Kier alpha value is -0.720. The van der Waals surface area contributed by atoms with Crippen molar-refractivity contribution >= 4 is 0 Å². The van der Waals surface area contributed by atoms with E-state index in [1.807, 2.05) is 0 Å². The fourth-order valence-corrected chi connectivity index (χ4v) is 1.78. The van der Waals surface area contributed by atoms with E-state index in [0.717, 1.165) is 0 Å². The van der Waals surface area contributed by atoms with Crippen LogP contribution in [0.2, 0.25) is 0 Å². The maximum atomic E-state index is 2.42. The quantitative estimate of drug-likeness (QED) is 0.576. The van der Waals surface area contributed by atoms with Gasteiger partial charge in [-0.25, -0.2) is 0 Å². The van der Waals surface area contributed by atoms with Gasteiger partial charge in [0.25, 0.3) is 0 Å². The van der Waals surface area contributed by atoms with Crippen LogP contribution < -0.4 is 0 Å². The molecule has 1 aromatic heterocycles. The third-order valence-corrected chi connectivity index (χ3v) is 2.71. The zero-order chi connectivity index (χ0) is 10.2. The van der Waals surface area contributed by atoms with Gasteiger partial charge >= 0.3 is 0 Å². The molecule has 1 aromatic rings. The molecule has 1 heterocycles. The molecule has 14 heavy (non-hydrogen) atoms. The normalized spacial score (nSPS) is 10.7. The highest BCUT2D eigenvalue weighted by Crippen LogP contribution is 2.09. The van der Waals surface area contributed by atoms with Gasteiger partial charge < -0.3 is 4.57 Å². The van der Waals surface area contributed by atoms with E-state index in [4.69, 9.17) is 0 Å². The average molecular weight is 193 g/mol. The molecule has 0 amide bonds. The molecule has 0 aliphatic heterocycles. The number of rotatable bonds is 7. The summed E-state index contributed by atoms with van der Waals surface area (Å²) in [6.45, 7) is 5.71. The van der Waals surface area contributed by atoms with Gasteiger partial charge in [0.05, 0.1) is 0 Å². The van der Waals surface area contributed by atoms with Crippen molar-refractivity contribution in [3.63, 3.8) is 0 Å². The van der Waals surface area contributed by atoms with E-state index < -0.39 is 0 Å². The monoisotopic (exact) mass is 193 g/mol. The molecule has 0 aliphatic rings. The Morgan fingerprint density at radius 2 is 1.86 bits per heavy atom. The lowest BCUT2D eigenvalue weighted by molar-refractivity contribution is 0.595. The Morgan fingerprint density at radius 1 is 1.07 bits per heavy atom. The number of unbranched alkanes of at least 4 members (excludes halogenated alkanes) is 3. The molecule has 1 nitrogen and oxygen atoms in total. The summed E-state index contributed by atoms with van der Waals surface area (Å²) in [5.74, 6) is 0. The number of aromatic nitrogens is 1. The zero-order valence-corrected chi connectivity index (χ0v) is 9.63. The van der Waals surface area contributed by atoms with Crippen molar-refractivity contribution in [2.45, 2.75) is 58.9 Å². The van der Waals surface area contributed by atoms with Gasteiger partial charge in [0, 0.05) is 18.4 Å². The van der Waals surface area contributed by atoms with E-state index in [2.05, 4.69) is 36.7 Å². The molecule has 0 N–H and O–H groups in total. The minimum absolute atomic E-state index is 1.20. The Balaban J connectivity index is 2.37. The topological polar surface area (TPSA) is 4.93 Å². The molecule has 0 radical (unpaired) electrons. The fraction of sp³-hybridized carbons (Fsp3) is 0.692. The van der Waals surface area contributed by atoms with Gasteiger partial charge in [-0.3, -0.25) is 0 Å². The summed E-state index contributed by atoms with van der Waals surface area (Å²) in [6, 6.07) is 4.45. The number of hydrogen-bond acceptors (Lipinski definition) is 0. The second-order valence-electron chi connectivity index (χ2n) is 4.00. The molecular weight excluding hydrogens is 170 g/mol. The van der Waals surface area contributed by atoms with Gasteiger partial charge in [0.2, 0.25) is 0 Å². The van der Waals surface area contributed by atoms with Crippen molar-refractivity contribution in [1.82, 2.24) is 4.57 Å². The van der Waals surface area contributed by atoms with Gasteiger partial charge in [-0.15, -0.1) is 0 Å². The van der Waals surface area contributed by atoms with Crippen LogP contribution in [0.25, 0.3) is 0 Å². The standard InChI is InChI=1S/C13H23N/c1-3-5-7-9-13-10-8-12-14(13)11-6-4-2/h8,10,12H,3-7,9,11H2,1-2H3. The third kappa shape index (κ3) is 3.57. The number of aryl methyl sites for hydroxylation is 2. The molecule has 0 saturated carbocycles. The smallest absolute Gasteiger partial charge is 0.0222 e. The fourth-order valence-electron chi connectivity index (χ4n) is 1.78. The van der Waals surface area contributed by atoms with Crippen molar-refractivity contribution in [3.8, 4) is 0 Å². The summed E-state index contributed by atoms with van der Waals surface area (Å²) < 4.78 is 2.42. The molecule has 0 atom stereocenters. The van der Waals surface area contributed by atoms with Crippen LogP contribution in [-0.4, -0.2) is 4.57 Å². The maximum Gasteiger partial charge on any atom is 0.0222 e. The van der Waals surface area contributed by atoms with Gasteiger partial charge in [0.1, 0.15) is 0 Å². The second kappa shape index (κ2) is 6.69. The second-order valence-corrected chi connectivity index (χ2v) is 4.00. The van der Waals surface area contributed by atoms with E-state index in [1.54, 1.807) is 0 Å². The number of nitrogens with zero attached hydrogens (tertiary/aromatic N) is 1. The first kappa shape index (κ1) is 11.4. The Bertz CT molecular complexity index is 237. The van der Waals surface area contributed by atoms with E-state index >= 15 is 0 Å². The first-order valence-corrected chi connectivity index (χ1v) is 6.02. The van der Waals surface area contributed by atoms with Gasteiger partial charge in [-0.1, -0.05) is 33.1 Å². The minimum Gasteiger partial charge on any atom is -0.351 e. The van der Waals surface area contributed by atoms with Crippen molar-refractivity contribution in [2.75, 3.05) is 0 Å². The van der Waals surface area contributed by atoms with E-state index in [9.17, 15) is 0 Å². The van der Waals surface area contributed by atoms with Crippen molar-refractivity contribution < 1.29 is 0 Å². The molecule has 1 heteroatoms. The molecule has 0 unspecified atom stereocenters. The van der Waals surface area contributed by atoms with Crippen LogP contribution in [0, 0.1) is 0 Å². The first-order chi connectivity index (χ1) is 6.88. The summed E-state index contributed by atoms with van der Waals surface area (Å²) in [5.41, 5.74) is 1.52. The van der Waals surface area contributed by atoms with Gasteiger partial charge in [-0.05, 0) is 31.4 Å². The maximum absolute atomic E-state index is 2.42. The van der Waals surface area contributed by atoms with Crippen LogP contribution in [0.4, 0.5) is 0 Å². The summed E-state index contributed by atoms with van der Waals surface area (Å²) in [5, 5.41) is 0. The highest BCUT2D eigenvalue weighted by atomic mass is 15.0. The van der Waals surface area contributed by atoms with Gasteiger partial charge in [-0.2, -0.15) is 0 Å².